The van der Waals surface area contributed by atoms with Crippen molar-refractivity contribution in [3.63, 3.8) is 0 Å². The van der Waals surface area contributed by atoms with E-state index >= 15 is 0 Å². The van der Waals surface area contributed by atoms with Gasteiger partial charge in [0.05, 0.1) is 49.3 Å². The van der Waals surface area contributed by atoms with Gasteiger partial charge < -0.3 is 9.47 Å². The summed E-state index contributed by atoms with van der Waals surface area (Å²) in [7, 11) is 3.13. The van der Waals surface area contributed by atoms with Crippen LogP contribution in [0.2, 0.25) is 0 Å². The highest BCUT2D eigenvalue weighted by atomic mass is 16.5. The smallest absolute Gasteiger partial charge is 0.238 e. The van der Waals surface area contributed by atoms with Crippen molar-refractivity contribution in [2.75, 3.05) is 24.0 Å². The molecule has 220 valence electrons. The lowest BCUT2D eigenvalue weighted by Gasteiger charge is -2.51. The number of hydrogen-bond acceptors (Lipinski definition) is 6. The second-order valence-corrected chi connectivity index (χ2v) is 12.1. The minimum Gasteiger partial charge on any atom is -0.497 e. The normalized spacial score (nSPS) is 30.1. The van der Waals surface area contributed by atoms with Crippen molar-refractivity contribution in [3.8, 4) is 11.5 Å². The van der Waals surface area contributed by atoms with Crippen LogP contribution in [0.5, 0.6) is 11.5 Å². The van der Waals surface area contributed by atoms with E-state index in [9.17, 15) is 19.2 Å². The Kier molecular flexibility index (Phi) is 5.92. The Morgan fingerprint density at radius 2 is 1.14 bits per heavy atom. The van der Waals surface area contributed by atoms with Crippen molar-refractivity contribution in [1.82, 2.24) is 0 Å². The second-order valence-electron chi connectivity index (χ2n) is 12.1. The van der Waals surface area contributed by atoms with E-state index in [0.29, 0.717) is 29.3 Å². The van der Waals surface area contributed by atoms with Crippen LogP contribution < -0.4 is 19.3 Å². The lowest BCUT2D eigenvalue weighted by Crippen LogP contribution is -2.51. The molecule has 44 heavy (non-hydrogen) atoms. The molecule has 7 unspecified atom stereocenters. The Hall–Kier alpha value is -4.98. The van der Waals surface area contributed by atoms with Gasteiger partial charge in [-0.25, -0.2) is 0 Å². The molecule has 3 fully saturated rings. The molecule has 2 saturated heterocycles. The summed E-state index contributed by atoms with van der Waals surface area (Å²) in [4.78, 5) is 59.3. The molecule has 7 atom stereocenters. The van der Waals surface area contributed by atoms with Gasteiger partial charge in [-0.3, -0.25) is 29.0 Å². The first-order valence-corrected chi connectivity index (χ1v) is 14.9. The van der Waals surface area contributed by atoms with E-state index < -0.39 is 29.6 Å². The number of imide groups is 2. The Labute approximate surface area is 254 Å². The molecule has 8 heteroatoms. The number of benzene rings is 3. The Morgan fingerprint density at radius 1 is 0.591 bits per heavy atom. The average Bonchev–Trinajstić information content (AvgIpc) is 3.50. The van der Waals surface area contributed by atoms with Gasteiger partial charge in [0, 0.05) is 11.8 Å². The summed E-state index contributed by atoms with van der Waals surface area (Å²) in [6.07, 6.45) is 4.49. The number of nitrogens with zero attached hydrogens (tertiary/aromatic N) is 2. The molecule has 4 amide bonds. The third-order valence-electron chi connectivity index (χ3n) is 10.3. The van der Waals surface area contributed by atoms with E-state index in [1.807, 2.05) is 36.4 Å². The van der Waals surface area contributed by atoms with Crippen LogP contribution in [0.1, 0.15) is 12.0 Å². The first-order chi connectivity index (χ1) is 21.4. The molecule has 8 nitrogen and oxygen atoms in total. The van der Waals surface area contributed by atoms with Gasteiger partial charge in [0.1, 0.15) is 11.5 Å². The van der Waals surface area contributed by atoms with Gasteiger partial charge in [-0.2, -0.15) is 0 Å². The number of hydrogen-bond donors (Lipinski definition) is 0. The summed E-state index contributed by atoms with van der Waals surface area (Å²) in [6, 6.07) is 23.8. The van der Waals surface area contributed by atoms with Crippen LogP contribution in [0.15, 0.2) is 96.6 Å². The van der Waals surface area contributed by atoms with E-state index in [2.05, 4.69) is 6.08 Å². The molecule has 0 N–H and O–H groups in total. The number of ether oxygens (including phenoxy) is 2. The molecule has 2 heterocycles. The molecule has 3 aromatic carbocycles. The topological polar surface area (TPSA) is 93.2 Å². The van der Waals surface area contributed by atoms with Crippen molar-refractivity contribution < 1.29 is 28.7 Å². The van der Waals surface area contributed by atoms with Gasteiger partial charge in [0.15, 0.2) is 0 Å². The Bertz CT molecular complexity index is 1780. The predicted octanol–water partition coefficient (Wildman–Crippen LogP) is 4.90. The number of allylic oxidation sites excluding steroid dienone is 4. The number of carbonyl (C=O) groups excluding carboxylic acids is 4. The molecule has 2 aliphatic heterocycles. The minimum atomic E-state index is -0.622. The number of methoxy groups -OCH3 is 2. The molecule has 3 aromatic rings. The number of carbonyl (C=O) groups is 4. The number of amides is 4. The first-order valence-electron chi connectivity index (χ1n) is 14.9. The summed E-state index contributed by atoms with van der Waals surface area (Å²) in [5.41, 5.74) is 4.03. The number of rotatable bonds is 5. The quantitative estimate of drug-likeness (QED) is 0.312. The zero-order chi connectivity index (χ0) is 30.3. The molecular formula is C36H30N2O6. The average molecular weight is 587 g/mol. The van der Waals surface area contributed by atoms with Crippen molar-refractivity contribution >= 4 is 40.6 Å². The number of anilines is 2. The van der Waals surface area contributed by atoms with Crippen molar-refractivity contribution in [2.24, 2.45) is 41.4 Å². The monoisotopic (exact) mass is 586 g/mol. The van der Waals surface area contributed by atoms with Crippen molar-refractivity contribution in [1.29, 1.82) is 0 Å². The van der Waals surface area contributed by atoms with Crippen LogP contribution in [0, 0.1) is 41.4 Å². The lowest BCUT2D eigenvalue weighted by atomic mass is 9.49. The van der Waals surface area contributed by atoms with Crippen LogP contribution in [0.3, 0.4) is 0 Å². The molecule has 1 saturated carbocycles. The SMILES string of the molecule is COc1ccc(N2C(=O)C3CC(c4ccccc4)=C4C5C=CC(C6C(=O)N(c7ccc(OC)cc7)C(=O)C56)C4C3C2=O)cc1. The summed E-state index contributed by atoms with van der Waals surface area (Å²) in [5, 5.41) is 0. The third-order valence-corrected chi connectivity index (χ3v) is 10.3. The van der Waals surface area contributed by atoms with Gasteiger partial charge in [-0.1, -0.05) is 48.1 Å². The largest absolute Gasteiger partial charge is 0.497 e. The zero-order valence-electron chi connectivity index (χ0n) is 24.3. The van der Waals surface area contributed by atoms with E-state index in [1.165, 1.54) is 9.80 Å². The van der Waals surface area contributed by atoms with Crippen molar-refractivity contribution in [2.45, 2.75) is 6.42 Å². The van der Waals surface area contributed by atoms with Crippen LogP contribution in [0.25, 0.3) is 5.57 Å². The maximum atomic E-state index is 14.3. The summed E-state index contributed by atoms with van der Waals surface area (Å²) < 4.78 is 10.6. The molecular weight excluding hydrogens is 556 g/mol. The van der Waals surface area contributed by atoms with Gasteiger partial charge >= 0.3 is 0 Å². The third kappa shape index (κ3) is 3.57. The highest BCUT2D eigenvalue weighted by Gasteiger charge is 2.67. The fraction of sp³-hybridized carbons (Fsp3) is 0.278. The predicted molar refractivity (Wildman–Crippen MR) is 163 cm³/mol. The fourth-order valence-corrected chi connectivity index (χ4v) is 8.49. The maximum absolute atomic E-state index is 14.3. The van der Waals surface area contributed by atoms with Gasteiger partial charge in [0.25, 0.3) is 0 Å². The second kappa shape index (κ2) is 9.77. The minimum absolute atomic E-state index is 0.223. The molecule has 0 radical (unpaired) electrons. The molecule has 0 aromatic heterocycles. The standard InChI is InChI=1S/C36H30N2O6/c1-43-22-12-8-20(9-13-22)37-33(39)27-18-26(19-6-4-3-5-7-19)28-24-16-17-25(29(28)32(27)36(37)42)31-30(24)34(40)38(35(31)41)21-10-14-23(44-2)15-11-21/h3-17,24-25,27,29-32H,18H2,1-2H3. The van der Waals surface area contributed by atoms with Crippen LogP contribution >= 0.6 is 0 Å². The van der Waals surface area contributed by atoms with Gasteiger partial charge in [-0.15, -0.1) is 0 Å². The van der Waals surface area contributed by atoms with E-state index in [0.717, 1.165) is 16.7 Å². The molecule has 9 rings (SSSR count). The van der Waals surface area contributed by atoms with Crippen LogP contribution in [0.4, 0.5) is 11.4 Å². The Morgan fingerprint density at radius 3 is 1.73 bits per heavy atom. The van der Waals surface area contributed by atoms with E-state index in [1.54, 1.807) is 62.8 Å². The number of fused-ring (bicyclic) bond motifs is 1. The molecule has 2 bridgehead atoms. The lowest BCUT2D eigenvalue weighted by molar-refractivity contribution is -0.129. The fourth-order valence-electron chi connectivity index (χ4n) is 8.49. The van der Waals surface area contributed by atoms with Gasteiger partial charge in [-0.05, 0) is 72.0 Å². The highest BCUT2D eigenvalue weighted by molar-refractivity contribution is 6.24. The van der Waals surface area contributed by atoms with Crippen molar-refractivity contribution in [3.05, 3.63) is 102 Å². The van der Waals surface area contributed by atoms with Crippen LogP contribution in [-0.2, 0) is 19.2 Å². The van der Waals surface area contributed by atoms with E-state index in [4.69, 9.17) is 9.47 Å². The molecule has 4 aliphatic carbocycles. The highest BCUT2D eigenvalue weighted by Crippen LogP contribution is 2.63. The van der Waals surface area contributed by atoms with Crippen LogP contribution in [-0.4, -0.2) is 37.8 Å². The maximum Gasteiger partial charge on any atom is 0.238 e. The Balaban J connectivity index is 1.25. The summed E-state index contributed by atoms with van der Waals surface area (Å²) in [5.74, 6) is -3.15. The molecule has 0 spiro atoms. The zero-order valence-corrected chi connectivity index (χ0v) is 24.3. The van der Waals surface area contributed by atoms with E-state index in [-0.39, 0.29) is 35.5 Å². The first kappa shape index (κ1) is 26.6. The molecule has 6 aliphatic rings. The summed E-state index contributed by atoms with van der Waals surface area (Å²) >= 11 is 0. The summed E-state index contributed by atoms with van der Waals surface area (Å²) in [6.45, 7) is 0. The van der Waals surface area contributed by atoms with Gasteiger partial charge in [0.2, 0.25) is 23.6 Å².